The van der Waals surface area contributed by atoms with E-state index in [4.69, 9.17) is 5.26 Å². The topological polar surface area (TPSA) is 81.4 Å². The first-order valence-electron chi connectivity index (χ1n) is 7.51. The molecule has 1 saturated heterocycles. The Kier molecular flexibility index (Phi) is 4.68. The van der Waals surface area contributed by atoms with Crippen molar-refractivity contribution in [3.05, 3.63) is 64.1 Å². The molecular weight excluding hydrogens is 384 g/mol. The molecule has 0 aliphatic carbocycles. The van der Waals surface area contributed by atoms with Crippen LogP contribution in [-0.4, -0.2) is 34.8 Å². The zero-order valence-electron chi connectivity index (χ0n) is 13.1. The summed E-state index contributed by atoms with van der Waals surface area (Å²) in [5.74, 6) is -1.76. The molecule has 2 aromatic carbocycles. The van der Waals surface area contributed by atoms with Gasteiger partial charge in [-0.05, 0) is 23.3 Å². The minimum absolute atomic E-state index is 0.0154. The normalized spacial score (nSPS) is 16.1. The molecule has 6 heteroatoms. The molecule has 1 fully saturated rings. The monoisotopic (exact) mass is 396 g/mol. The van der Waals surface area contributed by atoms with Crippen molar-refractivity contribution in [2.24, 2.45) is 0 Å². The molecule has 5 nitrogen and oxygen atoms in total. The molecule has 0 aromatic heterocycles. The highest BCUT2D eigenvalue weighted by Gasteiger charge is 2.36. The van der Waals surface area contributed by atoms with Crippen molar-refractivity contribution in [1.29, 1.82) is 5.26 Å². The molecule has 1 aliphatic heterocycles. The average Bonchev–Trinajstić information content (AvgIpc) is 2.91. The molecule has 0 spiro atoms. The summed E-state index contributed by atoms with van der Waals surface area (Å²) in [7, 11) is 0. The highest BCUT2D eigenvalue weighted by atomic mass is 79.9. The van der Waals surface area contributed by atoms with Crippen LogP contribution in [0, 0.1) is 11.3 Å². The highest BCUT2D eigenvalue weighted by molar-refractivity contribution is 9.10. The third-order valence-electron chi connectivity index (χ3n) is 3.98. The van der Waals surface area contributed by atoms with E-state index >= 15 is 0 Å². The van der Waals surface area contributed by atoms with Crippen molar-refractivity contribution in [3.8, 4) is 17.2 Å². The number of benzene rings is 2. The molecular formula is C19H13BrN2O3. The van der Waals surface area contributed by atoms with Crippen LogP contribution in [-0.2, 0) is 9.59 Å². The van der Waals surface area contributed by atoms with Gasteiger partial charge in [-0.2, -0.15) is 5.26 Å². The number of aliphatic hydroxyl groups excluding tert-OH is 1. The van der Waals surface area contributed by atoms with Gasteiger partial charge in [0.1, 0.15) is 12.3 Å². The molecule has 0 radical (unpaired) electrons. The number of aliphatic hydroxyl groups is 1. The Morgan fingerprint density at radius 3 is 2.60 bits per heavy atom. The van der Waals surface area contributed by atoms with Crippen LogP contribution < -0.4 is 0 Å². The number of halogens is 1. The van der Waals surface area contributed by atoms with Crippen LogP contribution in [0.1, 0.15) is 5.56 Å². The number of rotatable bonds is 3. The lowest BCUT2D eigenvalue weighted by atomic mass is 10.0. The van der Waals surface area contributed by atoms with Crippen molar-refractivity contribution in [2.45, 2.75) is 0 Å². The van der Waals surface area contributed by atoms with E-state index in [2.05, 4.69) is 15.9 Å². The lowest BCUT2D eigenvalue weighted by Gasteiger charge is -2.10. The number of Topliss-reactive ketones (excluding diaryl/α,β-unsaturated/α-hetero) is 1. The number of amides is 1. The van der Waals surface area contributed by atoms with Gasteiger partial charge in [0.15, 0.2) is 0 Å². The molecule has 25 heavy (non-hydrogen) atoms. The van der Waals surface area contributed by atoms with E-state index < -0.39 is 11.7 Å². The third kappa shape index (κ3) is 3.19. The first-order valence-corrected chi connectivity index (χ1v) is 8.30. The summed E-state index contributed by atoms with van der Waals surface area (Å²) in [5.41, 5.74) is 2.27. The summed E-state index contributed by atoms with van der Waals surface area (Å²) in [6.07, 6.45) is 0. The van der Waals surface area contributed by atoms with Gasteiger partial charge >= 0.3 is 0 Å². The molecule has 1 amide bonds. The fourth-order valence-electron chi connectivity index (χ4n) is 2.69. The Morgan fingerprint density at radius 2 is 1.92 bits per heavy atom. The minimum Gasteiger partial charge on any atom is -0.507 e. The molecule has 0 bridgehead atoms. The summed E-state index contributed by atoms with van der Waals surface area (Å²) in [4.78, 5) is 25.1. The highest BCUT2D eigenvalue weighted by Crippen LogP contribution is 2.32. The van der Waals surface area contributed by atoms with Gasteiger partial charge in [0, 0.05) is 10.0 Å². The number of hydrogen-bond acceptors (Lipinski definition) is 4. The molecule has 0 saturated carbocycles. The lowest BCUT2D eigenvalue weighted by molar-refractivity contribution is -0.138. The van der Waals surface area contributed by atoms with E-state index in [-0.39, 0.29) is 24.4 Å². The Balaban J connectivity index is 2.04. The van der Waals surface area contributed by atoms with Crippen LogP contribution in [0.5, 0.6) is 0 Å². The number of carbonyl (C=O) groups excluding carboxylic acids is 2. The summed E-state index contributed by atoms with van der Waals surface area (Å²) in [5, 5.41) is 19.3. The number of carbonyl (C=O) groups is 2. The summed E-state index contributed by atoms with van der Waals surface area (Å²) < 4.78 is 0.847. The predicted molar refractivity (Wildman–Crippen MR) is 96.3 cm³/mol. The first-order chi connectivity index (χ1) is 12.0. The second-order valence-electron chi connectivity index (χ2n) is 5.54. The summed E-state index contributed by atoms with van der Waals surface area (Å²) >= 11 is 3.49. The number of nitriles is 1. The van der Waals surface area contributed by atoms with Crippen LogP contribution in [0.15, 0.2) is 58.6 Å². The summed E-state index contributed by atoms with van der Waals surface area (Å²) in [6, 6.07) is 16.6. The number of hydrogen-bond donors (Lipinski definition) is 1. The van der Waals surface area contributed by atoms with E-state index in [1.807, 2.05) is 36.4 Å². The Morgan fingerprint density at radius 1 is 1.20 bits per heavy atom. The van der Waals surface area contributed by atoms with E-state index in [0.29, 0.717) is 5.56 Å². The first kappa shape index (κ1) is 16.9. The molecule has 1 aliphatic rings. The number of ketones is 1. The van der Waals surface area contributed by atoms with Crippen molar-refractivity contribution >= 4 is 33.4 Å². The van der Waals surface area contributed by atoms with Crippen molar-refractivity contribution in [1.82, 2.24) is 4.90 Å². The standard InChI is InChI=1S/C19H13BrN2O3/c20-16-7-6-13(10-14(16)12-4-2-1-3-5-12)17(23)15-11-22(9-8-21)19(25)18(15)24/h1-7,10,23H,9,11H2/b17-15-. The average molecular weight is 397 g/mol. The SMILES string of the molecule is N#CCN1C/C(=C(/O)c2ccc(Br)c(-c3ccccc3)c2)C(=O)C1=O. The number of likely N-dealkylation sites (tertiary alicyclic amines) is 1. The van der Waals surface area contributed by atoms with Crippen molar-refractivity contribution in [2.75, 3.05) is 13.1 Å². The molecule has 1 heterocycles. The van der Waals surface area contributed by atoms with Crippen molar-refractivity contribution in [3.63, 3.8) is 0 Å². The van der Waals surface area contributed by atoms with Gasteiger partial charge in [0.2, 0.25) is 0 Å². The maximum absolute atomic E-state index is 12.1. The van der Waals surface area contributed by atoms with Crippen molar-refractivity contribution < 1.29 is 14.7 Å². The van der Waals surface area contributed by atoms with Gasteiger partial charge in [-0.25, -0.2) is 0 Å². The zero-order chi connectivity index (χ0) is 18.0. The van der Waals surface area contributed by atoms with Crippen LogP contribution >= 0.6 is 15.9 Å². The number of nitrogens with zero attached hydrogens (tertiary/aromatic N) is 2. The van der Waals surface area contributed by atoms with Crippen LogP contribution in [0.2, 0.25) is 0 Å². The summed E-state index contributed by atoms with van der Waals surface area (Å²) in [6.45, 7) is -0.245. The maximum Gasteiger partial charge on any atom is 0.295 e. The van der Waals surface area contributed by atoms with Gasteiger partial charge in [0.25, 0.3) is 11.7 Å². The van der Waals surface area contributed by atoms with Crippen LogP contribution in [0.25, 0.3) is 16.9 Å². The molecule has 3 rings (SSSR count). The molecule has 124 valence electrons. The van der Waals surface area contributed by atoms with E-state index in [1.54, 1.807) is 18.2 Å². The van der Waals surface area contributed by atoms with Crippen LogP contribution in [0.3, 0.4) is 0 Å². The second-order valence-corrected chi connectivity index (χ2v) is 6.39. The smallest absolute Gasteiger partial charge is 0.295 e. The zero-order valence-corrected chi connectivity index (χ0v) is 14.7. The maximum atomic E-state index is 12.1. The quantitative estimate of drug-likeness (QED) is 0.373. The van der Waals surface area contributed by atoms with E-state index in [9.17, 15) is 14.7 Å². The largest absolute Gasteiger partial charge is 0.507 e. The Hall–Kier alpha value is -2.91. The van der Waals surface area contributed by atoms with Gasteiger partial charge < -0.3 is 10.0 Å². The van der Waals surface area contributed by atoms with Gasteiger partial charge in [-0.3, -0.25) is 9.59 Å². The van der Waals surface area contributed by atoms with Gasteiger partial charge in [-0.15, -0.1) is 0 Å². The van der Waals surface area contributed by atoms with Gasteiger partial charge in [0.05, 0.1) is 18.2 Å². The Labute approximate surface area is 152 Å². The molecule has 2 aromatic rings. The molecule has 1 N–H and O–H groups in total. The Bertz CT molecular complexity index is 929. The lowest BCUT2D eigenvalue weighted by Crippen LogP contribution is -2.27. The van der Waals surface area contributed by atoms with E-state index in [1.165, 1.54) is 0 Å². The van der Waals surface area contributed by atoms with Crippen LogP contribution in [0.4, 0.5) is 0 Å². The fraction of sp³-hybridized carbons (Fsp3) is 0.105. The third-order valence-corrected chi connectivity index (χ3v) is 4.67. The molecule has 0 unspecified atom stereocenters. The minimum atomic E-state index is -0.767. The predicted octanol–water partition coefficient (Wildman–Crippen LogP) is 3.32. The second kappa shape index (κ2) is 6.91. The molecule has 0 atom stereocenters. The van der Waals surface area contributed by atoms with E-state index in [0.717, 1.165) is 20.5 Å². The van der Waals surface area contributed by atoms with Gasteiger partial charge in [-0.1, -0.05) is 52.3 Å². The fourth-order valence-corrected chi connectivity index (χ4v) is 3.16.